The Balaban J connectivity index is 0.000000284. The third kappa shape index (κ3) is 5.85. The van der Waals surface area contributed by atoms with E-state index in [-0.39, 0.29) is 29.2 Å². The summed E-state index contributed by atoms with van der Waals surface area (Å²) in [6.45, 7) is 3.96. The second-order valence-corrected chi connectivity index (χ2v) is 4.01. The summed E-state index contributed by atoms with van der Waals surface area (Å²) in [6, 6.07) is 16.5. The summed E-state index contributed by atoms with van der Waals surface area (Å²) in [5.41, 5.74) is 13.5. The molecule has 0 aliphatic rings. The molecule has 0 saturated carbocycles. The second-order valence-electron chi connectivity index (χ2n) is 4.01. The van der Waals surface area contributed by atoms with Crippen LogP contribution in [0.1, 0.15) is 37.1 Å². The van der Waals surface area contributed by atoms with Crippen molar-refractivity contribution >= 4 is 0 Å². The average Bonchev–Trinajstić information content (AvgIpc) is 2.93. The van der Waals surface area contributed by atoms with E-state index in [0.717, 1.165) is 0 Å². The zero-order valence-corrected chi connectivity index (χ0v) is 11.4. The first-order valence-corrected chi connectivity index (χ1v) is 5.55. The van der Waals surface area contributed by atoms with E-state index in [1.165, 1.54) is 11.1 Å². The maximum Gasteiger partial charge on any atom is 0 e. The molecule has 100 valence electrons. The Kier molecular flexibility index (Phi) is 7.84. The first-order chi connectivity index (χ1) is 7.61. The molecule has 2 unspecified atom stereocenters. The van der Waals surface area contributed by atoms with Crippen LogP contribution >= 0.6 is 0 Å². The zero-order chi connectivity index (χ0) is 12.0. The fourth-order valence-electron chi connectivity index (χ4n) is 1.38. The van der Waals surface area contributed by atoms with Gasteiger partial charge >= 0.3 is 0 Å². The molecule has 17 heavy (non-hydrogen) atoms. The van der Waals surface area contributed by atoms with E-state index >= 15 is 0 Å². The Morgan fingerprint density at radius 3 is 1.65 bits per heavy atom. The van der Waals surface area contributed by atoms with Crippen molar-refractivity contribution in [2.45, 2.75) is 25.9 Å². The third-order valence-corrected chi connectivity index (χ3v) is 2.43. The van der Waals surface area contributed by atoms with Crippen LogP contribution in [0.5, 0.6) is 0 Å². The fourth-order valence-corrected chi connectivity index (χ4v) is 1.38. The largest absolute Gasteiger partial charge is 0.748 e. The van der Waals surface area contributed by atoms with Gasteiger partial charge in [-0.1, -0.05) is 13.8 Å². The number of nitrogens with two attached hydrogens (primary N) is 2. The van der Waals surface area contributed by atoms with Gasteiger partial charge in [0.1, 0.15) is 0 Å². The van der Waals surface area contributed by atoms with Crippen molar-refractivity contribution in [1.29, 1.82) is 0 Å². The van der Waals surface area contributed by atoms with Crippen LogP contribution in [-0.4, -0.2) is 0 Å². The minimum Gasteiger partial charge on any atom is -0.748 e. The standard InChI is InChI=1S/2C7H10N.Fe/c2*1-6(8)7-4-2-3-5-7;/h2*2-6H,8H2,1H3;/q-5;-1;. The van der Waals surface area contributed by atoms with Gasteiger partial charge in [0.2, 0.25) is 0 Å². The number of hydrogen-bond acceptors (Lipinski definition) is 2. The van der Waals surface area contributed by atoms with Gasteiger partial charge in [-0.3, -0.25) is 0 Å². The molecule has 2 atom stereocenters. The number of rotatable bonds is 2. The smallest absolute Gasteiger partial charge is 0 e. The van der Waals surface area contributed by atoms with Crippen molar-refractivity contribution in [2.75, 3.05) is 0 Å². The molecule has 2 nitrogen and oxygen atoms in total. The molecular weight excluding hydrogens is 252 g/mol. The normalized spacial score (nSPS) is 12.9. The predicted octanol–water partition coefficient (Wildman–Crippen LogP) is 2.85. The maximum atomic E-state index is 5.56. The van der Waals surface area contributed by atoms with Crippen LogP contribution in [0.25, 0.3) is 0 Å². The second kappa shape index (κ2) is 8.26. The van der Waals surface area contributed by atoms with E-state index in [0.29, 0.717) is 0 Å². The molecule has 0 amide bonds. The SMILES string of the molecule is CC(N)[c-]1[cH-][cH-][cH-][cH-]1.CC(N)[c-]1cccc1.[Fe]. The molecule has 2 aromatic carbocycles. The van der Waals surface area contributed by atoms with Crippen LogP contribution in [0, 0.1) is 0 Å². The summed E-state index contributed by atoms with van der Waals surface area (Å²) in [7, 11) is 0. The summed E-state index contributed by atoms with van der Waals surface area (Å²) < 4.78 is 0. The molecule has 0 heterocycles. The Morgan fingerprint density at radius 1 is 0.941 bits per heavy atom. The summed E-state index contributed by atoms with van der Waals surface area (Å²) >= 11 is 0. The van der Waals surface area contributed by atoms with Crippen LogP contribution in [0.4, 0.5) is 0 Å². The molecule has 0 aliphatic heterocycles. The molecule has 0 saturated heterocycles. The van der Waals surface area contributed by atoms with Gasteiger partial charge in [0.25, 0.3) is 0 Å². The van der Waals surface area contributed by atoms with Crippen LogP contribution < -0.4 is 11.5 Å². The van der Waals surface area contributed by atoms with Crippen LogP contribution in [0.2, 0.25) is 0 Å². The van der Waals surface area contributed by atoms with Gasteiger partial charge in [0.05, 0.1) is 0 Å². The monoisotopic (exact) mass is 272 g/mol. The average molecular weight is 272 g/mol. The first kappa shape index (κ1) is 16.1. The van der Waals surface area contributed by atoms with Gasteiger partial charge in [0, 0.05) is 17.1 Å². The Bertz CT molecular complexity index is 323. The van der Waals surface area contributed by atoms with Crippen molar-refractivity contribution in [3.05, 3.63) is 59.7 Å². The minimum atomic E-state index is 0. The van der Waals surface area contributed by atoms with Crippen LogP contribution in [-0.2, 0) is 17.1 Å². The van der Waals surface area contributed by atoms with E-state index in [2.05, 4.69) is 0 Å². The van der Waals surface area contributed by atoms with E-state index in [4.69, 9.17) is 11.5 Å². The molecule has 0 aliphatic carbocycles. The molecule has 0 radical (unpaired) electrons. The van der Waals surface area contributed by atoms with Gasteiger partial charge in [-0.2, -0.15) is 18.2 Å². The van der Waals surface area contributed by atoms with Crippen LogP contribution in [0.3, 0.4) is 0 Å². The summed E-state index contributed by atoms with van der Waals surface area (Å²) in [5.74, 6) is 0. The molecule has 4 N–H and O–H groups in total. The third-order valence-electron chi connectivity index (χ3n) is 2.43. The van der Waals surface area contributed by atoms with Gasteiger partial charge in [-0.05, 0) is 6.04 Å². The Morgan fingerprint density at radius 2 is 1.41 bits per heavy atom. The molecule has 0 aromatic heterocycles. The first-order valence-electron chi connectivity index (χ1n) is 5.55. The van der Waals surface area contributed by atoms with E-state index in [1.54, 1.807) is 0 Å². The summed E-state index contributed by atoms with van der Waals surface area (Å²) in [5, 5.41) is 0. The van der Waals surface area contributed by atoms with E-state index < -0.39 is 0 Å². The van der Waals surface area contributed by atoms with Gasteiger partial charge in [-0.15, -0.1) is 5.56 Å². The minimum absolute atomic E-state index is 0. The molecule has 2 aromatic rings. The quantitative estimate of drug-likeness (QED) is 0.652. The van der Waals surface area contributed by atoms with Gasteiger partial charge < -0.3 is 41.3 Å². The number of hydrogen-bond donors (Lipinski definition) is 2. The molecule has 0 spiro atoms. The van der Waals surface area contributed by atoms with E-state index in [9.17, 15) is 0 Å². The molecule has 0 fully saturated rings. The van der Waals surface area contributed by atoms with Crippen molar-refractivity contribution in [2.24, 2.45) is 11.5 Å². The fraction of sp³-hybridized carbons (Fsp3) is 0.286. The van der Waals surface area contributed by atoms with Crippen LogP contribution in [0.15, 0.2) is 48.5 Å². The van der Waals surface area contributed by atoms with Gasteiger partial charge in [0.15, 0.2) is 0 Å². The van der Waals surface area contributed by atoms with Gasteiger partial charge in [-0.25, -0.2) is 12.1 Å². The van der Waals surface area contributed by atoms with Crippen molar-refractivity contribution < 1.29 is 17.1 Å². The van der Waals surface area contributed by atoms with E-state index in [1.807, 2.05) is 62.4 Å². The zero-order valence-electron chi connectivity index (χ0n) is 10.3. The summed E-state index contributed by atoms with van der Waals surface area (Å²) in [6.07, 6.45) is 0. The maximum absolute atomic E-state index is 5.56. The Labute approximate surface area is 114 Å². The molecule has 3 heteroatoms. The molecular formula is C14H20FeN2-6. The molecule has 2 rings (SSSR count). The van der Waals surface area contributed by atoms with Crippen molar-refractivity contribution in [3.8, 4) is 0 Å². The summed E-state index contributed by atoms with van der Waals surface area (Å²) in [4.78, 5) is 0. The molecule has 0 bridgehead atoms. The van der Waals surface area contributed by atoms with Crippen molar-refractivity contribution in [3.63, 3.8) is 0 Å². The predicted molar refractivity (Wildman–Crippen MR) is 69.3 cm³/mol. The topological polar surface area (TPSA) is 52.0 Å². The van der Waals surface area contributed by atoms with Crippen molar-refractivity contribution in [1.82, 2.24) is 0 Å². The Hall–Kier alpha value is -0.861.